The molecule has 2 N–H and O–H groups in total. The predicted octanol–water partition coefficient (Wildman–Crippen LogP) is 3.27. The number of rotatable bonds is 8. The normalized spacial score (nSPS) is 11.2. The maximum atomic E-state index is 12.7. The summed E-state index contributed by atoms with van der Waals surface area (Å²) in [6, 6.07) is 19.3. The molecule has 0 aliphatic carbocycles. The fraction of sp³-hybridized carbons (Fsp3) is 0.0909. The van der Waals surface area contributed by atoms with Gasteiger partial charge in [-0.3, -0.25) is 9.52 Å². The van der Waals surface area contributed by atoms with E-state index in [1.165, 1.54) is 44.7 Å². The Hall–Kier alpha value is -3.85. The highest BCUT2D eigenvalue weighted by Gasteiger charge is 2.16. The van der Waals surface area contributed by atoms with Crippen molar-refractivity contribution in [3.8, 4) is 11.5 Å². The van der Waals surface area contributed by atoms with Crippen LogP contribution in [0.3, 0.4) is 0 Å². The lowest BCUT2D eigenvalue weighted by molar-refractivity contribution is 0.0955. The standard InChI is InChI=1S/C22H21N3O5S/c1-29-19-12-10-18(11-13-19)25-31(27,28)20-8-5-7-16(14-20)22(26)24-23-15-17-6-3-4-9-21(17)30-2/h3-15,25H,1-2H3,(H,24,26)/b23-15+. The molecule has 31 heavy (non-hydrogen) atoms. The maximum absolute atomic E-state index is 12.7. The minimum Gasteiger partial charge on any atom is -0.497 e. The van der Waals surface area contributed by atoms with Crippen molar-refractivity contribution in [3.05, 3.63) is 83.9 Å². The molecule has 0 aliphatic rings. The van der Waals surface area contributed by atoms with Crippen LogP contribution in [0.15, 0.2) is 82.8 Å². The van der Waals surface area contributed by atoms with Gasteiger partial charge in [-0.15, -0.1) is 0 Å². The van der Waals surface area contributed by atoms with Gasteiger partial charge in [0, 0.05) is 16.8 Å². The first kappa shape index (κ1) is 21.8. The first-order valence-corrected chi connectivity index (χ1v) is 10.6. The Kier molecular flexibility index (Phi) is 6.88. The lowest BCUT2D eigenvalue weighted by Crippen LogP contribution is -2.19. The van der Waals surface area contributed by atoms with Gasteiger partial charge in [-0.25, -0.2) is 13.8 Å². The SMILES string of the molecule is COc1ccc(NS(=O)(=O)c2cccc(C(=O)N/N=C/c3ccccc3OC)c2)cc1. The molecule has 3 aromatic carbocycles. The number of amides is 1. The molecular weight excluding hydrogens is 418 g/mol. The number of anilines is 1. The highest BCUT2D eigenvalue weighted by atomic mass is 32.2. The summed E-state index contributed by atoms with van der Waals surface area (Å²) in [6.45, 7) is 0. The number of ether oxygens (including phenoxy) is 2. The van der Waals surface area contributed by atoms with Crippen LogP contribution in [-0.2, 0) is 10.0 Å². The summed E-state index contributed by atoms with van der Waals surface area (Å²) in [6.07, 6.45) is 1.45. The van der Waals surface area contributed by atoms with E-state index in [2.05, 4.69) is 15.2 Å². The highest BCUT2D eigenvalue weighted by molar-refractivity contribution is 7.92. The van der Waals surface area contributed by atoms with E-state index < -0.39 is 15.9 Å². The number of hydrazone groups is 1. The Morgan fingerprint density at radius 2 is 1.68 bits per heavy atom. The number of methoxy groups -OCH3 is 2. The Morgan fingerprint density at radius 1 is 0.935 bits per heavy atom. The van der Waals surface area contributed by atoms with Crippen LogP contribution in [0.2, 0.25) is 0 Å². The Balaban J connectivity index is 1.72. The van der Waals surface area contributed by atoms with E-state index in [-0.39, 0.29) is 10.5 Å². The molecule has 0 atom stereocenters. The summed E-state index contributed by atoms with van der Waals surface area (Å²) >= 11 is 0. The highest BCUT2D eigenvalue weighted by Crippen LogP contribution is 2.20. The van der Waals surface area contributed by atoms with E-state index in [0.717, 1.165) is 0 Å². The zero-order chi connectivity index (χ0) is 22.3. The molecule has 0 heterocycles. The van der Waals surface area contributed by atoms with Gasteiger partial charge >= 0.3 is 0 Å². The van der Waals surface area contributed by atoms with Crippen molar-refractivity contribution in [2.45, 2.75) is 4.90 Å². The molecule has 160 valence electrons. The number of hydrogen-bond acceptors (Lipinski definition) is 6. The zero-order valence-corrected chi connectivity index (χ0v) is 17.7. The molecule has 0 fully saturated rings. The van der Waals surface area contributed by atoms with Gasteiger partial charge in [-0.1, -0.05) is 18.2 Å². The van der Waals surface area contributed by atoms with Crippen LogP contribution < -0.4 is 19.6 Å². The number of carbonyl (C=O) groups excluding carboxylic acids is 1. The maximum Gasteiger partial charge on any atom is 0.271 e. The van der Waals surface area contributed by atoms with Crippen molar-refractivity contribution in [3.63, 3.8) is 0 Å². The second-order valence-corrected chi connectivity index (χ2v) is 7.99. The number of sulfonamides is 1. The summed E-state index contributed by atoms with van der Waals surface area (Å²) < 4.78 is 38.1. The molecule has 3 aromatic rings. The third kappa shape index (κ3) is 5.61. The lowest BCUT2D eigenvalue weighted by atomic mass is 10.2. The first-order chi connectivity index (χ1) is 14.9. The van der Waals surface area contributed by atoms with Gasteiger partial charge in [-0.2, -0.15) is 5.10 Å². The monoisotopic (exact) mass is 439 g/mol. The van der Waals surface area contributed by atoms with Crippen molar-refractivity contribution < 1.29 is 22.7 Å². The molecule has 8 nitrogen and oxygen atoms in total. The summed E-state index contributed by atoms with van der Waals surface area (Å²) in [4.78, 5) is 12.4. The van der Waals surface area contributed by atoms with Gasteiger partial charge in [-0.05, 0) is 54.6 Å². The van der Waals surface area contributed by atoms with E-state index in [1.807, 2.05) is 12.1 Å². The lowest BCUT2D eigenvalue weighted by Gasteiger charge is -2.10. The van der Waals surface area contributed by atoms with Crippen molar-refractivity contribution in [1.29, 1.82) is 0 Å². The summed E-state index contributed by atoms with van der Waals surface area (Å²) in [5, 5.41) is 3.92. The molecule has 9 heteroatoms. The number of para-hydroxylation sites is 1. The summed E-state index contributed by atoms with van der Waals surface area (Å²) in [5.41, 5.74) is 3.59. The van der Waals surface area contributed by atoms with E-state index in [0.29, 0.717) is 22.7 Å². The molecule has 3 rings (SSSR count). The molecule has 0 bridgehead atoms. The molecule has 0 spiro atoms. The fourth-order valence-electron chi connectivity index (χ4n) is 2.68. The van der Waals surface area contributed by atoms with E-state index in [9.17, 15) is 13.2 Å². The quantitative estimate of drug-likeness (QED) is 0.414. The minimum atomic E-state index is -3.89. The number of nitrogens with zero attached hydrogens (tertiary/aromatic N) is 1. The predicted molar refractivity (Wildman–Crippen MR) is 118 cm³/mol. The number of benzene rings is 3. The van der Waals surface area contributed by atoms with Crippen molar-refractivity contribution in [1.82, 2.24) is 5.43 Å². The van der Waals surface area contributed by atoms with Gasteiger partial charge in [0.25, 0.3) is 15.9 Å². The fourth-order valence-corrected chi connectivity index (χ4v) is 3.78. The molecule has 0 aliphatic heterocycles. The molecule has 0 radical (unpaired) electrons. The number of nitrogens with one attached hydrogen (secondary N) is 2. The van der Waals surface area contributed by atoms with Crippen LogP contribution in [0.25, 0.3) is 0 Å². The second-order valence-electron chi connectivity index (χ2n) is 6.30. The van der Waals surface area contributed by atoms with Crippen LogP contribution >= 0.6 is 0 Å². The average Bonchev–Trinajstić information content (AvgIpc) is 2.79. The van der Waals surface area contributed by atoms with Gasteiger partial charge in [0.15, 0.2) is 0 Å². The van der Waals surface area contributed by atoms with Crippen LogP contribution in [0.1, 0.15) is 15.9 Å². The van der Waals surface area contributed by atoms with E-state index in [4.69, 9.17) is 9.47 Å². The average molecular weight is 439 g/mol. The first-order valence-electron chi connectivity index (χ1n) is 9.16. The number of carbonyl (C=O) groups is 1. The molecule has 1 amide bonds. The Labute approximate surface area is 180 Å². The second kappa shape index (κ2) is 9.77. The molecular formula is C22H21N3O5S. The summed E-state index contributed by atoms with van der Waals surface area (Å²) in [7, 11) is -0.824. The molecule has 0 saturated carbocycles. The summed E-state index contributed by atoms with van der Waals surface area (Å²) in [5.74, 6) is 0.668. The topological polar surface area (TPSA) is 106 Å². The van der Waals surface area contributed by atoms with Crippen LogP contribution in [-0.4, -0.2) is 34.8 Å². The Bertz CT molecular complexity index is 1190. The van der Waals surface area contributed by atoms with Crippen LogP contribution in [0.5, 0.6) is 11.5 Å². The van der Waals surface area contributed by atoms with Crippen molar-refractivity contribution in [2.24, 2.45) is 5.10 Å². The van der Waals surface area contributed by atoms with Gasteiger partial charge in [0.05, 0.1) is 25.3 Å². The van der Waals surface area contributed by atoms with Crippen molar-refractivity contribution >= 4 is 27.8 Å². The Morgan fingerprint density at radius 3 is 2.39 bits per heavy atom. The van der Waals surface area contributed by atoms with Crippen LogP contribution in [0.4, 0.5) is 5.69 Å². The van der Waals surface area contributed by atoms with Crippen molar-refractivity contribution in [2.75, 3.05) is 18.9 Å². The zero-order valence-electron chi connectivity index (χ0n) is 16.9. The van der Waals surface area contributed by atoms with Gasteiger partial charge in [0.1, 0.15) is 11.5 Å². The minimum absolute atomic E-state index is 0.0512. The third-order valence-electron chi connectivity index (χ3n) is 4.26. The largest absolute Gasteiger partial charge is 0.497 e. The molecule has 0 unspecified atom stereocenters. The van der Waals surface area contributed by atoms with Gasteiger partial charge < -0.3 is 9.47 Å². The van der Waals surface area contributed by atoms with E-state index in [1.54, 1.807) is 36.4 Å². The molecule has 0 aromatic heterocycles. The smallest absolute Gasteiger partial charge is 0.271 e. The number of hydrogen-bond donors (Lipinski definition) is 2. The third-order valence-corrected chi connectivity index (χ3v) is 5.64. The van der Waals surface area contributed by atoms with Gasteiger partial charge in [0.2, 0.25) is 0 Å². The van der Waals surface area contributed by atoms with Crippen LogP contribution in [0, 0.1) is 0 Å². The van der Waals surface area contributed by atoms with E-state index >= 15 is 0 Å². The molecule has 0 saturated heterocycles.